The molecule has 3 aromatic rings. The van der Waals surface area contributed by atoms with Gasteiger partial charge < -0.3 is 14.4 Å². The van der Waals surface area contributed by atoms with E-state index < -0.39 is 0 Å². The number of aryl methyl sites for hydroxylation is 2. The van der Waals surface area contributed by atoms with Gasteiger partial charge >= 0.3 is 0 Å². The number of carbonyl (C=O) groups excluding carboxylic acids is 1. The molecule has 9 heteroatoms. The Morgan fingerprint density at radius 1 is 1.35 bits per heavy atom. The van der Waals surface area contributed by atoms with Crippen LogP contribution in [0.25, 0.3) is 0 Å². The lowest BCUT2D eigenvalue weighted by Gasteiger charge is -2.20. The van der Waals surface area contributed by atoms with Gasteiger partial charge in [0.15, 0.2) is 0 Å². The van der Waals surface area contributed by atoms with Gasteiger partial charge in [0.1, 0.15) is 12.0 Å². The smallest absolute Gasteiger partial charge is 0.268 e. The van der Waals surface area contributed by atoms with Crippen LogP contribution < -0.4 is 5.32 Å². The Morgan fingerprint density at radius 3 is 2.88 bits per heavy atom. The van der Waals surface area contributed by atoms with Crippen molar-refractivity contribution >= 4 is 5.91 Å². The molecule has 1 saturated heterocycles. The summed E-state index contributed by atoms with van der Waals surface area (Å²) in [6, 6.07) is 3.72. The van der Waals surface area contributed by atoms with Gasteiger partial charge in [0.2, 0.25) is 0 Å². The zero-order valence-electron chi connectivity index (χ0n) is 14.7. The molecule has 4 heterocycles. The molecule has 0 unspecified atom stereocenters. The fourth-order valence-electron chi connectivity index (χ4n) is 3.58. The van der Waals surface area contributed by atoms with Gasteiger partial charge in [0.25, 0.3) is 5.91 Å². The van der Waals surface area contributed by atoms with Crippen LogP contribution in [-0.4, -0.2) is 54.7 Å². The molecule has 136 valence electrons. The molecule has 0 bridgehead atoms. The average molecular weight is 355 g/mol. The first-order valence-corrected chi connectivity index (χ1v) is 8.52. The third-order valence-corrected chi connectivity index (χ3v) is 4.83. The second kappa shape index (κ2) is 6.75. The molecule has 26 heavy (non-hydrogen) atoms. The molecular weight excluding hydrogens is 334 g/mol. The molecule has 9 nitrogen and oxygen atoms in total. The molecule has 2 atom stereocenters. The second-order valence-electron chi connectivity index (χ2n) is 6.67. The van der Waals surface area contributed by atoms with Crippen molar-refractivity contribution < 1.29 is 9.32 Å². The summed E-state index contributed by atoms with van der Waals surface area (Å²) in [5.41, 5.74) is 2.50. The van der Waals surface area contributed by atoms with E-state index in [-0.39, 0.29) is 18.0 Å². The topological polar surface area (TPSA) is 94.0 Å². The number of nitrogens with one attached hydrogen (secondary N) is 1. The molecule has 1 fully saturated rings. The quantitative estimate of drug-likeness (QED) is 0.726. The van der Waals surface area contributed by atoms with E-state index in [4.69, 9.17) is 4.52 Å². The number of aromatic nitrogens is 5. The fourth-order valence-corrected chi connectivity index (χ4v) is 3.58. The van der Waals surface area contributed by atoms with Crippen LogP contribution in [0.4, 0.5) is 0 Å². The van der Waals surface area contributed by atoms with Gasteiger partial charge in [0.05, 0.1) is 24.0 Å². The summed E-state index contributed by atoms with van der Waals surface area (Å²) < 4.78 is 8.57. The summed E-state index contributed by atoms with van der Waals surface area (Å²) in [6.07, 6.45) is 6.94. The molecule has 3 aromatic heterocycles. The summed E-state index contributed by atoms with van der Waals surface area (Å²) >= 11 is 0. The zero-order chi connectivity index (χ0) is 18.1. The summed E-state index contributed by atoms with van der Waals surface area (Å²) in [7, 11) is 1.88. The minimum Gasteiger partial charge on any atom is -0.364 e. The molecule has 4 rings (SSSR count). The first-order chi connectivity index (χ1) is 12.6. The van der Waals surface area contributed by atoms with Crippen LogP contribution in [0.1, 0.15) is 27.8 Å². The maximum absolute atomic E-state index is 12.8. The lowest BCUT2D eigenvalue weighted by atomic mass is 10.1. The standard InChI is InChI=1S/C17H21N7O2/c1-12-3-6-22(2)16(12)17(25)19-14-10-23(9-13-4-8-26-20-13)11-15(14)24-7-5-18-21-24/h3-8,14-15H,9-11H2,1-2H3,(H,19,25)/t14-,15+/m1/s1. The third kappa shape index (κ3) is 3.13. The van der Waals surface area contributed by atoms with E-state index in [1.54, 1.807) is 12.5 Å². The number of nitrogens with zero attached hydrogens (tertiary/aromatic N) is 6. The van der Waals surface area contributed by atoms with Crippen LogP contribution in [0.3, 0.4) is 0 Å². The zero-order valence-corrected chi connectivity index (χ0v) is 14.7. The van der Waals surface area contributed by atoms with Crippen molar-refractivity contribution in [3.05, 3.63) is 53.9 Å². The van der Waals surface area contributed by atoms with Gasteiger partial charge in [-0.25, -0.2) is 4.68 Å². The monoisotopic (exact) mass is 355 g/mol. The van der Waals surface area contributed by atoms with E-state index >= 15 is 0 Å². The van der Waals surface area contributed by atoms with Crippen molar-refractivity contribution in [2.75, 3.05) is 13.1 Å². The lowest BCUT2D eigenvalue weighted by molar-refractivity contribution is 0.0920. The minimum atomic E-state index is -0.0783. The maximum Gasteiger partial charge on any atom is 0.268 e. The number of hydrogen-bond acceptors (Lipinski definition) is 6. The van der Waals surface area contributed by atoms with Crippen LogP contribution in [0.2, 0.25) is 0 Å². The first kappa shape index (κ1) is 16.5. The van der Waals surface area contributed by atoms with Crippen LogP contribution in [0, 0.1) is 6.92 Å². The highest BCUT2D eigenvalue weighted by Crippen LogP contribution is 2.23. The molecule has 1 aliphatic rings. The van der Waals surface area contributed by atoms with Gasteiger partial charge in [-0.2, -0.15) is 0 Å². The number of amides is 1. The molecule has 1 aliphatic heterocycles. The Labute approximate surface area is 150 Å². The van der Waals surface area contributed by atoms with E-state index in [9.17, 15) is 4.79 Å². The number of rotatable bonds is 5. The number of carbonyl (C=O) groups is 1. The Bertz CT molecular complexity index is 850. The highest BCUT2D eigenvalue weighted by molar-refractivity contribution is 5.94. The second-order valence-corrected chi connectivity index (χ2v) is 6.67. The van der Waals surface area contributed by atoms with E-state index in [2.05, 4.69) is 25.7 Å². The predicted octanol–water partition coefficient (Wildman–Crippen LogP) is 0.769. The van der Waals surface area contributed by atoms with Crippen LogP contribution in [0.15, 0.2) is 41.5 Å². The summed E-state index contributed by atoms with van der Waals surface area (Å²) in [5, 5.41) is 15.2. The van der Waals surface area contributed by atoms with Gasteiger partial charge in [0, 0.05) is 45.1 Å². The van der Waals surface area contributed by atoms with Gasteiger partial charge in [-0.15, -0.1) is 5.10 Å². The van der Waals surface area contributed by atoms with Crippen molar-refractivity contribution in [1.29, 1.82) is 0 Å². The molecule has 0 aliphatic carbocycles. The largest absolute Gasteiger partial charge is 0.364 e. The first-order valence-electron chi connectivity index (χ1n) is 8.52. The predicted molar refractivity (Wildman–Crippen MR) is 92.2 cm³/mol. The summed E-state index contributed by atoms with van der Waals surface area (Å²) in [5.74, 6) is -0.0756. The Morgan fingerprint density at radius 2 is 2.23 bits per heavy atom. The molecule has 0 saturated carbocycles. The molecular formula is C17H21N7O2. The fraction of sp³-hybridized carbons (Fsp3) is 0.412. The van der Waals surface area contributed by atoms with Gasteiger partial charge in [-0.1, -0.05) is 10.4 Å². The Hall–Kier alpha value is -2.94. The summed E-state index contributed by atoms with van der Waals surface area (Å²) in [6.45, 7) is 4.05. The molecule has 0 aromatic carbocycles. The van der Waals surface area contributed by atoms with Crippen LogP contribution in [0.5, 0.6) is 0 Å². The van der Waals surface area contributed by atoms with E-state index in [0.29, 0.717) is 18.8 Å². The number of hydrogen-bond donors (Lipinski definition) is 1. The van der Waals surface area contributed by atoms with Crippen molar-refractivity contribution in [2.24, 2.45) is 7.05 Å². The van der Waals surface area contributed by atoms with Crippen molar-refractivity contribution in [3.63, 3.8) is 0 Å². The molecule has 1 amide bonds. The van der Waals surface area contributed by atoms with Crippen LogP contribution in [-0.2, 0) is 13.6 Å². The van der Waals surface area contributed by atoms with Gasteiger partial charge in [-0.05, 0) is 18.6 Å². The third-order valence-electron chi connectivity index (χ3n) is 4.83. The van der Waals surface area contributed by atoms with E-state index in [1.807, 2.05) is 47.7 Å². The average Bonchev–Trinajstić information content (AvgIpc) is 3.37. The SMILES string of the molecule is Cc1ccn(C)c1C(=O)N[C@@H]1CN(Cc2ccon2)C[C@@H]1n1ccnn1. The summed E-state index contributed by atoms with van der Waals surface area (Å²) in [4.78, 5) is 15.0. The van der Waals surface area contributed by atoms with E-state index in [0.717, 1.165) is 17.8 Å². The van der Waals surface area contributed by atoms with Crippen molar-refractivity contribution in [3.8, 4) is 0 Å². The maximum atomic E-state index is 12.8. The minimum absolute atomic E-state index is 0.00826. The molecule has 0 spiro atoms. The van der Waals surface area contributed by atoms with Gasteiger partial charge in [-0.3, -0.25) is 9.69 Å². The normalized spacial score (nSPS) is 20.5. The molecule has 0 radical (unpaired) electrons. The lowest BCUT2D eigenvalue weighted by Crippen LogP contribution is -2.42. The van der Waals surface area contributed by atoms with E-state index in [1.165, 1.54) is 0 Å². The Kier molecular flexibility index (Phi) is 4.29. The molecule has 1 N–H and O–H groups in total. The van der Waals surface area contributed by atoms with Crippen molar-refractivity contribution in [2.45, 2.75) is 25.6 Å². The Balaban J connectivity index is 1.53. The highest BCUT2D eigenvalue weighted by atomic mass is 16.5. The highest BCUT2D eigenvalue weighted by Gasteiger charge is 2.36. The van der Waals surface area contributed by atoms with Crippen LogP contribution >= 0.6 is 0 Å². The number of likely N-dealkylation sites (tertiary alicyclic amines) is 1. The van der Waals surface area contributed by atoms with Crippen molar-refractivity contribution in [1.82, 2.24) is 34.9 Å².